The van der Waals surface area contributed by atoms with Crippen LogP contribution in [0, 0.1) is 0 Å². The largest absolute Gasteiger partial charge is 0.493 e. The van der Waals surface area contributed by atoms with Crippen molar-refractivity contribution in [2.45, 2.75) is 0 Å². The molecule has 4 aromatic rings. The van der Waals surface area contributed by atoms with E-state index in [1.165, 1.54) is 6.33 Å². The Morgan fingerprint density at radius 2 is 1.85 bits per heavy atom. The van der Waals surface area contributed by atoms with Crippen LogP contribution >= 0.6 is 11.3 Å². The predicted molar refractivity (Wildman–Crippen MR) is 104 cm³/mol. The molecule has 0 spiro atoms. The van der Waals surface area contributed by atoms with Crippen molar-refractivity contribution < 1.29 is 9.47 Å². The second kappa shape index (κ2) is 6.61. The van der Waals surface area contributed by atoms with E-state index in [0.29, 0.717) is 23.0 Å². The van der Waals surface area contributed by atoms with E-state index in [2.05, 4.69) is 15.0 Å². The molecule has 1 aromatic carbocycles. The van der Waals surface area contributed by atoms with Gasteiger partial charge in [-0.3, -0.25) is 0 Å². The minimum absolute atomic E-state index is 0.421. The standard InChI is InChI=1S/C19H16N4O2S/c1-24-14-6-5-11(8-15(14)25-2)13-9-12(16-4-3-7-26-16)17-18(20)21-10-22-19(17)23-13/h3-10H,1-2H3,(H2,20,21,22,23). The van der Waals surface area contributed by atoms with E-state index in [0.717, 1.165) is 27.1 Å². The Morgan fingerprint density at radius 1 is 1.00 bits per heavy atom. The third-order valence-electron chi connectivity index (χ3n) is 4.10. The van der Waals surface area contributed by atoms with E-state index in [1.807, 2.05) is 41.8 Å². The van der Waals surface area contributed by atoms with Gasteiger partial charge in [-0.1, -0.05) is 6.07 Å². The molecule has 2 N–H and O–H groups in total. The molecular weight excluding hydrogens is 348 g/mol. The van der Waals surface area contributed by atoms with Crippen LogP contribution in [0.15, 0.2) is 48.1 Å². The van der Waals surface area contributed by atoms with E-state index in [1.54, 1.807) is 25.6 Å². The quantitative estimate of drug-likeness (QED) is 0.589. The summed E-state index contributed by atoms with van der Waals surface area (Å²) in [5.41, 5.74) is 9.32. The number of rotatable bonds is 4. The zero-order valence-corrected chi connectivity index (χ0v) is 15.1. The first-order valence-electron chi connectivity index (χ1n) is 7.88. The summed E-state index contributed by atoms with van der Waals surface area (Å²) in [7, 11) is 3.22. The molecule has 0 bridgehead atoms. The summed E-state index contributed by atoms with van der Waals surface area (Å²) in [4.78, 5) is 14.2. The average molecular weight is 364 g/mol. The normalized spacial score (nSPS) is 10.8. The number of thiophene rings is 1. The maximum Gasteiger partial charge on any atom is 0.165 e. The van der Waals surface area contributed by atoms with E-state index in [-0.39, 0.29) is 0 Å². The van der Waals surface area contributed by atoms with Crippen molar-refractivity contribution in [1.82, 2.24) is 15.0 Å². The fourth-order valence-corrected chi connectivity index (χ4v) is 3.61. The van der Waals surface area contributed by atoms with Crippen LogP contribution in [-0.2, 0) is 0 Å². The average Bonchev–Trinajstić information content (AvgIpc) is 3.21. The Kier molecular flexibility index (Phi) is 4.14. The fourth-order valence-electron chi connectivity index (χ4n) is 2.86. The van der Waals surface area contributed by atoms with Gasteiger partial charge < -0.3 is 15.2 Å². The first-order valence-corrected chi connectivity index (χ1v) is 8.76. The molecule has 0 radical (unpaired) electrons. The van der Waals surface area contributed by atoms with Gasteiger partial charge in [-0.25, -0.2) is 15.0 Å². The van der Waals surface area contributed by atoms with Crippen molar-refractivity contribution in [3.05, 3.63) is 48.1 Å². The number of methoxy groups -OCH3 is 2. The molecule has 0 atom stereocenters. The SMILES string of the molecule is COc1ccc(-c2cc(-c3cccs3)c3c(N)ncnc3n2)cc1OC. The molecule has 130 valence electrons. The second-order valence-corrected chi connectivity index (χ2v) is 6.51. The molecule has 4 rings (SSSR count). The third-order valence-corrected chi connectivity index (χ3v) is 5.00. The van der Waals surface area contributed by atoms with Crippen LogP contribution in [0.25, 0.3) is 32.7 Å². The summed E-state index contributed by atoms with van der Waals surface area (Å²) in [5, 5.41) is 2.79. The Balaban J connectivity index is 1.98. The van der Waals surface area contributed by atoms with Crippen molar-refractivity contribution in [2.75, 3.05) is 20.0 Å². The van der Waals surface area contributed by atoms with Gasteiger partial charge >= 0.3 is 0 Å². The highest BCUT2D eigenvalue weighted by Crippen LogP contribution is 2.37. The number of benzene rings is 1. The number of aromatic nitrogens is 3. The zero-order valence-electron chi connectivity index (χ0n) is 14.3. The van der Waals surface area contributed by atoms with Gasteiger partial charge in [-0.05, 0) is 35.7 Å². The van der Waals surface area contributed by atoms with Gasteiger partial charge in [0.05, 0.1) is 25.3 Å². The molecule has 0 unspecified atom stereocenters. The van der Waals surface area contributed by atoms with E-state index < -0.39 is 0 Å². The van der Waals surface area contributed by atoms with Crippen molar-refractivity contribution in [2.24, 2.45) is 0 Å². The van der Waals surface area contributed by atoms with E-state index >= 15 is 0 Å². The lowest BCUT2D eigenvalue weighted by atomic mass is 10.0. The highest BCUT2D eigenvalue weighted by atomic mass is 32.1. The number of anilines is 1. The number of pyridine rings is 1. The van der Waals surface area contributed by atoms with Gasteiger partial charge in [0.15, 0.2) is 17.1 Å². The van der Waals surface area contributed by atoms with Crippen molar-refractivity contribution in [1.29, 1.82) is 0 Å². The minimum Gasteiger partial charge on any atom is -0.493 e. The number of fused-ring (bicyclic) bond motifs is 1. The molecule has 0 aliphatic rings. The summed E-state index contributed by atoms with van der Waals surface area (Å²) in [6.07, 6.45) is 1.43. The minimum atomic E-state index is 0.421. The van der Waals surface area contributed by atoms with Gasteiger partial charge in [0, 0.05) is 16.0 Å². The topological polar surface area (TPSA) is 83.2 Å². The second-order valence-electron chi connectivity index (χ2n) is 5.56. The Bertz CT molecular complexity index is 1080. The van der Waals surface area contributed by atoms with Crippen molar-refractivity contribution >= 4 is 28.2 Å². The fraction of sp³-hybridized carbons (Fsp3) is 0.105. The van der Waals surface area contributed by atoms with Gasteiger partial charge in [0.1, 0.15) is 12.1 Å². The molecule has 3 aromatic heterocycles. The molecule has 6 nitrogen and oxygen atoms in total. The molecular formula is C19H16N4O2S. The molecule has 0 saturated carbocycles. The number of hydrogen-bond donors (Lipinski definition) is 1. The number of nitrogens with zero attached hydrogens (tertiary/aromatic N) is 3. The maximum absolute atomic E-state index is 6.11. The van der Waals surface area contributed by atoms with Crippen molar-refractivity contribution in [3.8, 4) is 33.2 Å². The lowest BCUT2D eigenvalue weighted by molar-refractivity contribution is 0.355. The first kappa shape index (κ1) is 16.3. The molecule has 0 amide bonds. The molecule has 0 aliphatic heterocycles. The Hall–Kier alpha value is -3.19. The summed E-state index contributed by atoms with van der Waals surface area (Å²) >= 11 is 1.63. The van der Waals surface area contributed by atoms with Crippen LogP contribution < -0.4 is 15.2 Å². The van der Waals surface area contributed by atoms with Crippen LogP contribution in [0.5, 0.6) is 11.5 Å². The monoisotopic (exact) mass is 364 g/mol. The Labute approximate surface area is 154 Å². The molecule has 0 saturated heterocycles. The lowest BCUT2D eigenvalue weighted by Crippen LogP contribution is -1.98. The number of nitrogen functional groups attached to an aromatic ring is 1. The zero-order chi connectivity index (χ0) is 18.1. The van der Waals surface area contributed by atoms with Gasteiger partial charge in [-0.15, -0.1) is 11.3 Å². The molecule has 3 heterocycles. The lowest BCUT2D eigenvalue weighted by Gasteiger charge is -2.12. The van der Waals surface area contributed by atoms with E-state index in [4.69, 9.17) is 15.2 Å². The third kappa shape index (κ3) is 2.72. The highest BCUT2D eigenvalue weighted by Gasteiger charge is 2.15. The first-order chi connectivity index (χ1) is 12.7. The van der Waals surface area contributed by atoms with Gasteiger partial charge in [0.25, 0.3) is 0 Å². The Morgan fingerprint density at radius 3 is 2.58 bits per heavy atom. The predicted octanol–water partition coefficient (Wildman–Crippen LogP) is 4.02. The number of ether oxygens (including phenoxy) is 2. The summed E-state index contributed by atoms with van der Waals surface area (Å²) in [5.74, 6) is 1.73. The number of nitrogens with two attached hydrogens (primary N) is 1. The van der Waals surface area contributed by atoms with Crippen LogP contribution in [0.1, 0.15) is 0 Å². The smallest absolute Gasteiger partial charge is 0.165 e. The molecule has 0 aliphatic carbocycles. The molecule has 26 heavy (non-hydrogen) atoms. The maximum atomic E-state index is 6.11. The summed E-state index contributed by atoms with van der Waals surface area (Å²) in [6, 6.07) is 11.8. The van der Waals surface area contributed by atoms with Gasteiger partial charge in [0.2, 0.25) is 0 Å². The van der Waals surface area contributed by atoms with Crippen LogP contribution in [0.2, 0.25) is 0 Å². The van der Waals surface area contributed by atoms with Crippen LogP contribution in [-0.4, -0.2) is 29.2 Å². The molecule has 0 fully saturated rings. The van der Waals surface area contributed by atoms with E-state index in [9.17, 15) is 0 Å². The summed E-state index contributed by atoms with van der Waals surface area (Å²) in [6.45, 7) is 0. The van der Waals surface area contributed by atoms with Crippen molar-refractivity contribution in [3.63, 3.8) is 0 Å². The van der Waals surface area contributed by atoms with Gasteiger partial charge in [-0.2, -0.15) is 0 Å². The highest BCUT2D eigenvalue weighted by molar-refractivity contribution is 7.13. The van der Waals surface area contributed by atoms with Crippen LogP contribution in [0.3, 0.4) is 0 Å². The molecule has 7 heteroatoms. The number of hydrogen-bond acceptors (Lipinski definition) is 7. The summed E-state index contributed by atoms with van der Waals surface area (Å²) < 4.78 is 10.7. The van der Waals surface area contributed by atoms with Crippen LogP contribution in [0.4, 0.5) is 5.82 Å².